The van der Waals surface area contributed by atoms with Crippen LogP contribution in [0.15, 0.2) is 29.2 Å². The van der Waals surface area contributed by atoms with E-state index in [1.54, 1.807) is 12.1 Å². The van der Waals surface area contributed by atoms with Gasteiger partial charge in [-0.3, -0.25) is 9.48 Å². The summed E-state index contributed by atoms with van der Waals surface area (Å²) in [5, 5.41) is 7.32. The Morgan fingerprint density at radius 1 is 1.20 bits per heavy atom. The van der Waals surface area contributed by atoms with Crippen LogP contribution in [0.2, 0.25) is 0 Å². The summed E-state index contributed by atoms with van der Waals surface area (Å²) >= 11 is 0. The molecule has 0 aliphatic heterocycles. The second kappa shape index (κ2) is 7.39. The van der Waals surface area contributed by atoms with Gasteiger partial charge in [-0.25, -0.2) is 8.42 Å². The lowest BCUT2D eigenvalue weighted by Crippen LogP contribution is -2.15. The Morgan fingerprint density at radius 2 is 1.80 bits per heavy atom. The molecule has 1 aromatic heterocycles. The fourth-order valence-corrected chi connectivity index (χ4v) is 3.30. The fourth-order valence-electron chi connectivity index (χ4n) is 2.66. The molecule has 0 saturated carbocycles. The molecule has 2 aromatic rings. The van der Waals surface area contributed by atoms with Crippen LogP contribution in [0.4, 0.5) is 5.69 Å². The molecule has 25 heavy (non-hydrogen) atoms. The van der Waals surface area contributed by atoms with E-state index in [-0.39, 0.29) is 17.2 Å². The molecule has 2 rings (SSSR count). The van der Waals surface area contributed by atoms with Gasteiger partial charge in [-0.15, -0.1) is 0 Å². The van der Waals surface area contributed by atoms with E-state index < -0.39 is 9.84 Å². The number of nitrogens with one attached hydrogen (secondary N) is 1. The van der Waals surface area contributed by atoms with Crippen LogP contribution in [0, 0.1) is 19.8 Å². The Morgan fingerprint density at radius 3 is 2.32 bits per heavy atom. The third-order valence-corrected chi connectivity index (χ3v) is 5.10. The third-order valence-electron chi connectivity index (χ3n) is 3.97. The summed E-state index contributed by atoms with van der Waals surface area (Å²) in [6.07, 6.45) is 1.39. The average Bonchev–Trinajstić information content (AvgIpc) is 2.74. The SMILES string of the molecule is Cc1nn(CC(C)C)c(C)c1CC(=O)Nc1ccc(S(C)(=O)=O)cc1. The van der Waals surface area contributed by atoms with Gasteiger partial charge in [0.2, 0.25) is 5.91 Å². The summed E-state index contributed by atoms with van der Waals surface area (Å²) in [6, 6.07) is 6.16. The number of carbonyl (C=O) groups is 1. The highest BCUT2D eigenvalue weighted by atomic mass is 32.2. The van der Waals surface area contributed by atoms with Crippen molar-refractivity contribution in [2.45, 2.75) is 45.6 Å². The van der Waals surface area contributed by atoms with Gasteiger partial charge < -0.3 is 5.32 Å². The normalized spacial score (nSPS) is 11.8. The lowest BCUT2D eigenvalue weighted by Gasteiger charge is -2.09. The minimum atomic E-state index is -3.24. The number of anilines is 1. The summed E-state index contributed by atoms with van der Waals surface area (Å²) < 4.78 is 24.9. The maximum atomic E-state index is 12.3. The molecule has 0 saturated heterocycles. The number of amides is 1. The first-order valence-electron chi connectivity index (χ1n) is 8.20. The number of aryl methyl sites for hydroxylation is 1. The predicted octanol–water partition coefficient (Wildman–Crippen LogP) is 2.74. The van der Waals surface area contributed by atoms with E-state index in [4.69, 9.17) is 0 Å². The van der Waals surface area contributed by atoms with Crippen molar-refractivity contribution in [3.8, 4) is 0 Å². The van der Waals surface area contributed by atoms with Crippen LogP contribution >= 0.6 is 0 Å². The fraction of sp³-hybridized carbons (Fsp3) is 0.444. The van der Waals surface area contributed by atoms with Gasteiger partial charge in [-0.1, -0.05) is 13.8 Å². The van der Waals surface area contributed by atoms with Gasteiger partial charge in [-0.05, 0) is 44.0 Å². The maximum Gasteiger partial charge on any atom is 0.228 e. The van der Waals surface area contributed by atoms with E-state index >= 15 is 0 Å². The minimum Gasteiger partial charge on any atom is -0.326 e. The molecule has 136 valence electrons. The van der Waals surface area contributed by atoms with Crippen molar-refractivity contribution in [2.24, 2.45) is 5.92 Å². The van der Waals surface area contributed by atoms with Crippen molar-refractivity contribution >= 4 is 21.4 Å². The van der Waals surface area contributed by atoms with Crippen molar-refractivity contribution in [1.29, 1.82) is 0 Å². The Kier molecular flexibility index (Phi) is 5.67. The Bertz CT molecular complexity index is 866. The van der Waals surface area contributed by atoms with Crippen molar-refractivity contribution in [3.05, 3.63) is 41.2 Å². The molecule has 1 amide bonds. The first-order valence-corrected chi connectivity index (χ1v) is 10.1. The highest BCUT2D eigenvalue weighted by Crippen LogP contribution is 2.17. The number of sulfone groups is 1. The van der Waals surface area contributed by atoms with Crippen molar-refractivity contribution in [3.63, 3.8) is 0 Å². The number of hydrogen-bond acceptors (Lipinski definition) is 4. The second-order valence-electron chi connectivity index (χ2n) is 6.75. The van der Waals surface area contributed by atoms with Crippen LogP contribution in [0.1, 0.15) is 30.8 Å². The van der Waals surface area contributed by atoms with E-state index in [1.165, 1.54) is 12.1 Å². The van der Waals surface area contributed by atoms with Crippen LogP contribution in [0.25, 0.3) is 0 Å². The Balaban J connectivity index is 2.09. The van der Waals surface area contributed by atoms with Gasteiger partial charge in [0, 0.05) is 29.7 Å². The standard InChI is InChI=1S/C18H25N3O3S/c1-12(2)11-21-14(4)17(13(3)20-21)10-18(22)19-15-6-8-16(9-7-15)25(5,23)24/h6-9,12H,10-11H2,1-5H3,(H,19,22). The first-order chi connectivity index (χ1) is 11.6. The van der Waals surface area contributed by atoms with Crippen LogP contribution in [-0.2, 0) is 27.6 Å². The number of hydrogen-bond donors (Lipinski definition) is 1. The van der Waals surface area contributed by atoms with Gasteiger partial charge in [0.05, 0.1) is 17.0 Å². The maximum absolute atomic E-state index is 12.3. The highest BCUT2D eigenvalue weighted by Gasteiger charge is 2.16. The summed E-state index contributed by atoms with van der Waals surface area (Å²) in [4.78, 5) is 12.6. The topological polar surface area (TPSA) is 81.1 Å². The molecule has 1 aromatic carbocycles. The van der Waals surface area contributed by atoms with E-state index in [9.17, 15) is 13.2 Å². The molecule has 0 bridgehead atoms. The molecule has 0 aliphatic rings. The molecule has 7 heteroatoms. The van der Waals surface area contributed by atoms with Crippen LogP contribution in [0.5, 0.6) is 0 Å². The lowest BCUT2D eigenvalue weighted by molar-refractivity contribution is -0.115. The molecule has 0 fully saturated rings. The summed E-state index contributed by atoms with van der Waals surface area (Å²) in [5.41, 5.74) is 3.38. The molecule has 6 nitrogen and oxygen atoms in total. The summed E-state index contributed by atoms with van der Waals surface area (Å²) in [7, 11) is -3.24. The van der Waals surface area contributed by atoms with E-state index in [0.29, 0.717) is 11.6 Å². The van der Waals surface area contributed by atoms with Crippen LogP contribution < -0.4 is 5.32 Å². The molecule has 0 unspecified atom stereocenters. The van der Waals surface area contributed by atoms with Crippen molar-refractivity contribution in [1.82, 2.24) is 9.78 Å². The highest BCUT2D eigenvalue weighted by molar-refractivity contribution is 7.90. The molecule has 0 spiro atoms. The Hall–Kier alpha value is -2.15. The van der Waals surface area contributed by atoms with E-state index in [1.807, 2.05) is 18.5 Å². The zero-order valence-electron chi connectivity index (χ0n) is 15.3. The number of aromatic nitrogens is 2. The van der Waals surface area contributed by atoms with Gasteiger partial charge in [0.1, 0.15) is 0 Å². The van der Waals surface area contributed by atoms with E-state index in [0.717, 1.165) is 29.8 Å². The predicted molar refractivity (Wildman–Crippen MR) is 98.4 cm³/mol. The molecule has 0 radical (unpaired) electrons. The smallest absolute Gasteiger partial charge is 0.228 e. The van der Waals surface area contributed by atoms with Gasteiger partial charge >= 0.3 is 0 Å². The largest absolute Gasteiger partial charge is 0.326 e. The lowest BCUT2D eigenvalue weighted by atomic mass is 10.1. The first kappa shape index (κ1) is 19.2. The molecule has 0 atom stereocenters. The van der Waals surface area contributed by atoms with Gasteiger partial charge in [0.15, 0.2) is 9.84 Å². The monoisotopic (exact) mass is 363 g/mol. The number of rotatable bonds is 6. The quantitative estimate of drug-likeness (QED) is 0.856. The van der Waals surface area contributed by atoms with Crippen molar-refractivity contribution < 1.29 is 13.2 Å². The zero-order chi connectivity index (χ0) is 18.8. The Labute approximate surface area is 149 Å². The third kappa shape index (κ3) is 4.92. The molecular weight excluding hydrogens is 338 g/mol. The van der Waals surface area contributed by atoms with E-state index in [2.05, 4.69) is 24.3 Å². The molecule has 0 aliphatic carbocycles. The van der Waals surface area contributed by atoms with Crippen LogP contribution in [0.3, 0.4) is 0 Å². The number of carbonyl (C=O) groups excluding carboxylic acids is 1. The van der Waals surface area contributed by atoms with Gasteiger partial charge in [0.25, 0.3) is 0 Å². The van der Waals surface area contributed by atoms with Gasteiger partial charge in [-0.2, -0.15) is 5.10 Å². The number of benzene rings is 1. The molecule has 1 heterocycles. The molecule has 1 N–H and O–H groups in total. The summed E-state index contributed by atoms with van der Waals surface area (Å²) in [5.74, 6) is 0.329. The van der Waals surface area contributed by atoms with Crippen molar-refractivity contribution in [2.75, 3.05) is 11.6 Å². The van der Waals surface area contributed by atoms with Crippen LogP contribution in [-0.4, -0.2) is 30.4 Å². The second-order valence-corrected chi connectivity index (χ2v) is 8.76. The average molecular weight is 363 g/mol. The minimum absolute atomic E-state index is 0.151. The molecular formula is C18H25N3O3S. The zero-order valence-corrected chi connectivity index (χ0v) is 16.1. The summed E-state index contributed by atoms with van der Waals surface area (Å²) in [6.45, 7) is 8.96. The number of nitrogens with zero attached hydrogens (tertiary/aromatic N) is 2.